The average molecular weight is 461 g/mol. The van der Waals surface area contributed by atoms with E-state index in [0.717, 1.165) is 12.8 Å². The van der Waals surface area contributed by atoms with Crippen LogP contribution in [0.5, 0.6) is 6.01 Å². The highest BCUT2D eigenvalue weighted by Crippen LogP contribution is 2.26. The molecule has 166 valence electrons. The largest absolute Gasteiger partial charge is 0.478 e. The average Bonchev–Trinajstić information content (AvgIpc) is 3.27. The maximum atomic E-state index is 14.1. The number of hydrogen-bond donors (Lipinski definition) is 2. The molecule has 1 aliphatic rings. The van der Waals surface area contributed by atoms with Crippen LogP contribution < -0.4 is 15.0 Å². The summed E-state index contributed by atoms with van der Waals surface area (Å²) in [7, 11) is 0. The first-order valence-corrected chi connectivity index (χ1v) is 10.5. The van der Waals surface area contributed by atoms with Gasteiger partial charge in [0.1, 0.15) is 23.4 Å². The minimum atomic E-state index is -1.60. The van der Waals surface area contributed by atoms with E-state index in [-0.39, 0.29) is 11.8 Å². The van der Waals surface area contributed by atoms with Crippen molar-refractivity contribution in [2.24, 2.45) is 0 Å². The summed E-state index contributed by atoms with van der Waals surface area (Å²) in [6, 6.07) is 3.19. The summed E-state index contributed by atoms with van der Waals surface area (Å²) in [4.78, 5) is 37.7. The lowest BCUT2D eigenvalue weighted by molar-refractivity contribution is 0.0691. The zero-order chi connectivity index (χ0) is 22.7. The summed E-state index contributed by atoms with van der Waals surface area (Å²) in [6.07, 6.45) is 4.64. The molecule has 1 aromatic carbocycles. The molecule has 0 bridgehead atoms. The molecule has 3 aromatic rings. The van der Waals surface area contributed by atoms with Gasteiger partial charge in [0.25, 0.3) is 5.91 Å². The topological polar surface area (TPSA) is 118 Å². The fourth-order valence-corrected chi connectivity index (χ4v) is 4.03. The quantitative estimate of drug-likeness (QED) is 0.575. The third kappa shape index (κ3) is 4.80. The Morgan fingerprint density at radius 3 is 2.56 bits per heavy atom. The maximum Gasteiger partial charge on any atom is 0.338 e. The van der Waals surface area contributed by atoms with E-state index in [1.54, 1.807) is 18.5 Å². The number of piperidine rings is 1. The highest BCUT2D eigenvalue weighted by molar-refractivity contribution is 7.14. The molecule has 4 rings (SSSR count). The van der Waals surface area contributed by atoms with Gasteiger partial charge in [-0.05, 0) is 12.1 Å². The number of aromatic nitrogens is 3. The summed E-state index contributed by atoms with van der Waals surface area (Å²) in [5.41, 5.74) is -1.24. The number of halogens is 2. The molecule has 1 aliphatic heterocycles. The lowest BCUT2D eigenvalue weighted by Crippen LogP contribution is -2.38. The molecule has 1 amide bonds. The first-order chi connectivity index (χ1) is 15.4. The Hall–Kier alpha value is -3.67. The Morgan fingerprint density at radius 2 is 1.88 bits per heavy atom. The second-order valence-electron chi connectivity index (χ2n) is 6.92. The third-order valence-corrected chi connectivity index (χ3v) is 5.69. The Kier molecular flexibility index (Phi) is 6.21. The molecule has 1 saturated heterocycles. The second kappa shape index (κ2) is 9.22. The molecule has 1 fully saturated rings. The highest BCUT2D eigenvalue weighted by atomic mass is 32.1. The van der Waals surface area contributed by atoms with Crippen molar-refractivity contribution in [1.82, 2.24) is 15.0 Å². The van der Waals surface area contributed by atoms with E-state index < -0.39 is 34.8 Å². The van der Waals surface area contributed by atoms with Gasteiger partial charge in [-0.2, -0.15) is 0 Å². The number of hydrogen-bond acceptors (Lipinski definition) is 8. The maximum absolute atomic E-state index is 14.1. The van der Waals surface area contributed by atoms with Gasteiger partial charge in [0.15, 0.2) is 5.13 Å². The van der Waals surface area contributed by atoms with Crippen LogP contribution in [0, 0.1) is 11.6 Å². The zero-order valence-corrected chi connectivity index (χ0v) is 17.3. The van der Waals surface area contributed by atoms with Gasteiger partial charge in [-0.25, -0.2) is 28.5 Å². The number of benzene rings is 1. The number of nitrogens with one attached hydrogen (secondary N) is 1. The zero-order valence-electron chi connectivity index (χ0n) is 16.5. The summed E-state index contributed by atoms with van der Waals surface area (Å²) >= 11 is 1.26. The molecule has 0 atom stereocenters. The van der Waals surface area contributed by atoms with E-state index in [0.29, 0.717) is 36.4 Å². The smallest absolute Gasteiger partial charge is 0.338 e. The van der Waals surface area contributed by atoms with Crippen LogP contribution in [0.4, 0.5) is 19.6 Å². The monoisotopic (exact) mass is 461 g/mol. The summed E-state index contributed by atoms with van der Waals surface area (Å²) in [5, 5.41) is 13.2. The van der Waals surface area contributed by atoms with Crippen molar-refractivity contribution in [3.8, 4) is 6.01 Å². The van der Waals surface area contributed by atoms with Crippen LogP contribution in [0.3, 0.4) is 0 Å². The fraction of sp³-hybridized carbons (Fsp3) is 0.250. The van der Waals surface area contributed by atoms with Gasteiger partial charge in [-0.1, -0.05) is 0 Å². The minimum Gasteiger partial charge on any atom is -0.478 e. The van der Waals surface area contributed by atoms with Crippen LogP contribution in [0.2, 0.25) is 0 Å². The molecule has 0 unspecified atom stereocenters. The van der Waals surface area contributed by atoms with E-state index in [1.807, 2.05) is 4.90 Å². The number of rotatable bonds is 6. The van der Waals surface area contributed by atoms with E-state index in [2.05, 4.69) is 20.3 Å². The Morgan fingerprint density at radius 1 is 1.16 bits per heavy atom. The number of amides is 1. The normalized spacial score (nSPS) is 14.2. The van der Waals surface area contributed by atoms with Crippen LogP contribution in [-0.2, 0) is 0 Å². The van der Waals surface area contributed by atoms with E-state index in [9.17, 15) is 18.4 Å². The van der Waals surface area contributed by atoms with Gasteiger partial charge >= 0.3 is 12.0 Å². The number of carbonyl (C=O) groups is 2. The molecule has 0 spiro atoms. The minimum absolute atomic E-state index is 0.0250. The van der Waals surface area contributed by atoms with Crippen LogP contribution in [0.15, 0.2) is 36.0 Å². The first-order valence-electron chi connectivity index (χ1n) is 9.58. The van der Waals surface area contributed by atoms with Crippen molar-refractivity contribution in [2.75, 3.05) is 23.3 Å². The first kappa shape index (κ1) is 21.6. The van der Waals surface area contributed by atoms with Crippen LogP contribution in [-0.4, -0.2) is 51.1 Å². The summed E-state index contributed by atoms with van der Waals surface area (Å²) in [6.45, 7) is 1.31. The molecule has 3 heterocycles. The molecular formula is C20H17F2N5O4S. The van der Waals surface area contributed by atoms with Crippen LogP contribution >= 0.6 is 11.3 Å². The predicted octanol–water partition coefficient (Wildman–Crippen LogP) is 3.21. The molecular weight excluding hydrogens is 444 g/mol. The van der Waals surface area contributed by atoms with E-state index >= 15 is 0 Å². The standard InChI is InChI=1S/C20H17F2N5O4S/c21-13-9-15(14(22)8-12(13)18(29)30)25-17(28)16-10-32-20(26-16)27-6-2-11(3-7-27)31-19-23-4-1-5-24-19/h1,4-5,8-11H,2-3,6-7H2,(H,25,28)(H,29,30). The van der Waals surface area contributed by atoms with Crippen molar-refractivity contribution in [3.05, 3.63) is 58.9 Å². The van der Waals surface area contributed by atoms with Gasteiger partial charge in [-0.3, -0.25) is 4.79 Å². The van der Waals surface area contributed by atoms with Gasteiger partial charge in [0.05, 0.1) is 11.3 Å². The van der Waals surface area contributed by atoms with Crippen molar-refractivity contribution in [1.29, 1.82) is 0 Å². The number of thiazole rings is 1. The second-order valence-corrected chi connectivity index (χ2v) is 7.76. The molecule has 0 radical (unpaired) electrons. The third-order valence-electron chi connectivity index (χ3n) is 4.79. The van der Waals surface area contributed by atoms with Gasteiger partial charge < -0.3 is 20.1 Å². The molecule has 32 heavy (non-hydrogen) atoms. The summed E-state index contributed by atoms with van der Waals surface area (Å²) in [5.74, 6) is -4.54. The number of aromatic carboxylic acids is 1. The Bertz CT molecular complexity index is 1140. The van der Waals surface area contributed by atoms with Crippen LogP contribution in [0.25, 0.3) is 0 Å². The van der Waals surface area contributed by atoms with Gasteiger partial charge in [-0.15, -0.1) is 11.3 Å². The molecule has 0 aliphatic carbocycles. The SMILES string of the molecule is O=C(Nc1cc(F)c(C(=O)O)cc1F)c1csc(N2CCC(Oc3ncccn3)CC2)n1. The van der Waals surface area contributed by atoms with Crippen LogP contribution in [0.1, 0.15) is 33.7 Å². The van der Waals surface area contributed by atoms with Crippen molar-refractivity contribution in [3.63, 3.8) is 0 Å². The highest BCUT2D eigenvalue weighted by Gasteiger charge is 2.24. The van der Waals surface area contributed by atoms with Crippen molar-refractivity contribution >= 4 is 34.0 Å². The van der Waals surface area contributed by atoms with E-state index in [1.165, 1.54) is 16.7 Å². The number of anilines is 2. The molecule has 2 N–H and O–H groups in total. The Labute approximate surface area is 184 Å². The summed E-state index contributed by atoms with van der Waals surface area (Å²) < 4.78 is 33.6. The number of carbonyl (C=O) groups excluding carboxylic acids is 1. The fourth-order valence-electron chi connectivity index (χ4n) is 3.17. The molecule has 2 aromatic heterocycles. The lowest BCUT2D eigenvalue weighted by atomic mass is 10.1. The number of carboxylic acids is 1. The van der Waals surface area contributed by atoms with Crippen molar-refractivity contribution < 1.29 is 28.2 Å². The van der Waals surface area contributed by atoms with E-state index in [4.69, 9.17) is 9.84 Å². The lowest BCUT2D eigenvalue weighted by Gasteiger charge is -2.31. The molecule has 12 heteroatoms. The van der Waals surface area contributed by atoms with Crippen molar-refractivity contribution in [2.45, 2.75) is 18.9 Å². The molecule has 0 saturated carbocycles. The predicted molar refractivity (Wildman–Crippen MR) is 111 cm³/mol. The number of nitrogens with zero attached hydrogens (tertiary/aromatic N) is 4. The Balaban J connectivity index is 1.36. The van der Waals surface area contributed by atoms with Gasteiger partial charge in [0.2, 0.25) is 0 Å². The number of carboxylic acid groups (broad SMARTS) is 1. The molecule has 9 nitrogen and oxygen atoms in total. The van der Waals surface area contributed by atoms with Gasteiger partial charge in [0, 0.05) is 49.8 Å². The number of ether oxygens (including phenoxy) is 1.